The van der Waals surface area contributed by atoms with E-state index in [2.05, 4.69) is 0 Å². The van der Waals surface area contributed by atoms with Gasteiger partial charge in [0.25, 0.3) is 0 Å². The molecule has 1 aromatic carbocycles. The van der Waals surface area contributed by atoms with Crippen molar-refractivity contribution >= 4 is 23.3 Å². The number of nitrogens with zero attached hydrogens (tertiary/aromatic N) is 2. The van der Waals surface area contributed by atoms with Gasteiger partial charge in [0.15, 0.2) is 0 Å². The van der Waals surface area contributed by atoms with E-state index in [-0.39, 0.29) is 18.0 Å². The Morgan fingerprint density at radius 2 is 2.17 bits per heavy atom. The van der Waals surface area contributed by atoms with Gasteiger partial charge >= 0.3 is 5.97 Å². The van der Waals surface area contributed by atoms with Gasteiger partial charge in [-0.15, -0.1) is 0 Å². The molecule has 1 heterocycles. The Kier molecular flexibility index (Phi) is 3.20. The summed E-state index contributed by atoms with van der Waals surface area (Å²) in [5.41, 5.74) is 7.10. The van der Waals surface area contributed by atoms with Crippen LogP contribution in [0, 0.1) is 0 Å². The molecule has 0 spiro atoms. The van der Waals surface area contributed by atoms with Crippen molar-refractivity contribution in [1.82, 2.24) is 0 Å². The van der Waals surface area contributed by atoms with E-state index < -0.39 is 5.97 Å². The number of anilines is 2. The minimum atomic E-state index is -1.01. The van der Waals surface area contributed by atoms with Crippen LogP contribution in [-0.4, -0.2) is 43.7 Å². The summed E-state index contributed by atoms with van der Waals surface area (Å²) in [6, 6.07) is 4.77. The molecule has 1 aliphatic rings. The Morgan fingerprint density at radius 1 is 1.44 bits per heavy atom. The van der Waals surface area contributed by atoms with E-state index in [0.717, 1.165) is 5.69 Å². The number of carbonyl (C=O) groups excluding carboxylic acids is 1. The Balaban J connectivity index is 2.51. The molecular formula is C12H15N3O3. The van der Waals surface area contributed by atoms with Crippen LogP contribution in [0.3, 0.4) is 0 Å². The third kappa shape index (κ3) is 2.02. The molecule has 96 valence electrons. The van der Waals surface area contributed by atoms with E-state index in [9.17, 15) is 9.59 Å². The summed E-state index contributed by atoms with van der Waals surface area (Å²) < 4.78 is 0. The molecule has 0 fully saturated rings. The van der Waals surface area contributed by atoms with Crippen LogP contribution in [0.2, 0.25) is 0 Å². The molecule has 0 saturated carbocycles. The maximum Gasteiger partial charge on any atom is 0.335 e. The average Bonchev–Trinajstić information content (AvgIpc) is 2.33. The van der Waals surface area contributed by atoms with Gasteiger partial charge in [0, 0.05) is 20.1 Å². The monoisotopic (exact) mass is 249 g/mol. The molecule has 0 unspecified atom stereocenters. The topological polar surface area (TPSA) is 86.9 Å². The van der Waals surface area contributed by atoms with Gasteiger partial charge < -0.3 is 20.6 Å². The number of amides is 1. The summed E-state index contributed by atoms with van der Waals surface area (Å²) >= 11 is 0. The van der Waals surface area contributed by atoms with E-state index in [1.54, 1.807) is 22.9 Å². The largest absolute Gasteiger partial charge is 0.478 e. The van der Waals surface area contributed by atoms with E-state index in [1.807, 2.05) is 0 Å². The molecule has 0 radical (unpaired) electrons. The smallest absolute Gasteiger partial charge is 0.335 e. The molecule has 0 saturated heterocycles. The summed E-state index contributed by atoms with van der Waals surface area (Å²) in [6.07, 6.45) is 0. The fourth-order valence-electron chi connectivity index (χ4n) is 2.08. The predicted molar refractivity (Wildman–Crippen MR) is 68.1 cm³/mol. The Labute approximate surface area is 105 Å². The van der Waals surface area contributed by atoms with Crippen LogP contribution in [-0.2, 0) is 4.79 Å². The molecule has 1 amide bonds. The first-order valence-corrected chi connectivity index (χ1v) is 5.63. The molecular weight excluding hydrogens is 234 g/mol. The van der Waals surface area contributed by atoms with Crippen LogP contribution >= 0.6 is 0 Å². The van der Waals surface area contributed by atoms with Crippen molar-refractivity contribution in [3.05, 3.63) is 23.8 Å². The molecule has 0 aliphatic carbocycles. The van der Waals surface area contributed by atoms with Crippen molar-refractivity contribution in [2.45, 2.75) is 0 Å². The van der Waals surface area contributed by atoms with E-state index in [1.165, 1.54) is 12.1 Å². The molecule has 1 aromatic rings. The highest BCUT2D eigenvalue weighted by Crippen LogP contribution is 2.33. The number of fused-ring (bicyclic) bond motifs is 1. The van der Waals surface area contributed by atoms with Crippen molar-refractivity contribution in [3.63, 3.8) is 0 Å². The van der Waals surface area contributed by atoms with E-state index in [0.29, 0.717) is 18.8 Å². The molecule has 6 nitrogen and oxygen atoms in total. The normalized spacial score (nSPS) is 14.7. The molecule has 1 aliphatic heterocycles. The Hall–Kier alpha value is -2.08. The van der Waals surface area contributed by atoms with Crippen LogP contribution in [0.1, 0.15) is 10.4 Å². The molecule has 18 heavy (non-hydrogen) atoms. The number of hydrogen-bond acceptors (Lipinski definition) is 4. The second-order valence-electron chi connectivity index (χ2n) is 4.20. The van der Waals surface area contributed by atoms with Crippen LogP contribution in [0.4, 0.5) is 11.4 Å². The second-order valence-corrected chi connectivity index (χ2v) is 4.20. The first-order valence-electron chi connectivity index (χ1n) is 5.63. The number of hydrogen-bond donors (Lipinski definition) is 2. The summed E-state index contributed by atoms with van der Waals surface area (Å²) in [5, 5.41) is 8.99. The zero-order valence-corrected chi connectivity index (χ0v) is 10.1. The maximum atomic E-state index is 11.9. The quantitative estimate of drug-likeness (QED) is 0.795. The molecule has 6 heteroatoms. The third-order valence-corrected chi connectivity index (χ3v) is 2.95. The fourth-order valence-corrected chi connectivity index (χ4v) is 2.08. The van der Waals surface area contributed by atoms with Gasteiger partial charge in [-0.3, -0.25) is 4.79 Å². The molecule has 0 atom stereocenters. The van der Waals surface area contributed by atoms with Crippen molar-refractivity contribution in [2.75, 3.05) is 36.5 Å². The number of benzene rings is 1. The highest BCUT2D eigenvalue weighted by molar-refractivity contribution is 6.04. The zero-order chi connectivity index (χ0) is 13.3. The second kappa shape index (κ2) is 4.66. The van der Waals surface area contributed by atoms with Gasteiger partial charge in [0.1, 0.15) is 0 Å². The lowest BCUT2D eigenvalue weighted by Gasteiger charge is -2.35. The average molecular weight is 249 g/mol. The number of carboxylic acid groups (broad SMARTS) is 1. The summed E-state index contributed by atoms with van der Waals surface area (Å²) in [5.74, 6) is -1.08. The first kappa shape index (κ1) is 12.4. The van der Waals surface area contributed by atoms with Crippen molar-refractivity contribution in [1.29, 1.82) is 0 Å². The van der Waals surface area contributed by atoms with Crippen molar-refractivity contribution in [3.8, 4) is 0 Å². The minimum absolute atomic E-state index is 0.0713. The maximum absolute atomic E-state index is 11.9. The summed E-state index contributed by atoms with van der Waals surface area (Å²) in [6.45, 7) is 1.01. The summed E-state index contributed by atoms with van der Waals surface area (Å²) in [4.78, 5) is 26.2. The Morgan fingerprint density at radius 3 is 2.78 bits per heavy atom. The Bertz CT molecular complexity index is 501. The van der Waals surface area contributed by atoms with E-state index >= 15 is 0 Å². The number of rotatable bonds is 3. The molecule has 0 bridgehead atoms. The minimum Gasteiger partial charge on any atom is -0.478 e. The SMILES string of the molecule is CN1CC(=O)N(CCN)c2cc(C(=O)O)ccc21. The van der Waals surface area contributed by atoms with E-state index in [4.69, 9.17) is 10.8 Å². The lowest BCUT2D eigenvalue weighted by atomic mass is 10.1. The van der Waals surface area contributed by atoms with Gasteiger partial charge in [-0.1, -0.05) is 0 Å². The number of carbonyl (C=O) groups is 2. The standard InChI is InChI=1S/C12H15N3O3/c1-14-7-11(16)15(5-4-13)10-6-8(12(17)18)2-3-9(10)14/h2-3,6H,4-5,7,13H2,1H3,(H,17,18). The molecule has 0 aromatic heterocycles. The fraction of sp³-hybridized carbons (Fsp3) is 0.333. The number of likely N-dealkylation sites (N-methyl/N-ethyl adjacent to an activating group) is 1. The summed E-state index contributed by atoms with van der Waals surface area (Å²) in [7, 11) is 1.80. The van der Waals surface area contributed by atoms with Crippen molar-refractivity contribution < 1.29 is 14.7 Å². The first-order chi connectivity index (χ1) is 8.54. The van der Waals surface area contributed by atoms with Gasteiger partial charge in [-0.2, -0.15) is 0 Å². The number of aromatic carboxylic acids is 1. The highest BCUT2D eigenvalue weighted by Gasteiger charge is 2.27. The highest BCUT2D eigenvalue weighted by atomic mass is 16.4. The number of carboxylic acids is 1. The molecule has 2 rings (SSSR count). The van der Waals surface area contributed by atoms with Crippen LogP contribution in [0.15, 0.2) is 18.2 Å². The van der Waals surface area contributed by atoms with Gasteiger partial charge in [0.05, 0.1) is 23.5 Å². The van der Waals surface area contributed by atoms with Gasteiger partial charge in [-0.05, 0) is 18.2 Å². The zero-order valence-electron chi connectivity index (χ0n) is 10.1. The lowest BCUT2D eigenvalue weighted by molar-refractivity contribution is -0.117. The molecule has 3 N–H and O–H groups in total. The predicted octanol–water partition coefficient (Wildman–Crippen LogP) is 0.126. The van der Waals surface area contributed by atoms with Crippen LogP contribution in [0.5, 0.6) is 0 Å². The van der Waals surface area contributed by atoms with Crippen LogP contribution in [0.25, 0.3) is 0 Å². The third-order valence-electron chi connectivity index (χ3n) is 2.95. The van der Waals surface area contributed by atoms with Crippen molar-refractivity contribution in [2.24, 2.45) is 5.73 Å². The van der Waals surface area contributed by atoms with Gasteiger partial charge in [0.2, 0.25) is 5.91 Å². The van der Waals surface area contributed by atoms with Crippen LogP contribution < -0.4 is 15.5 Å². The number of nitrogens with two attached hydrogens (primary N) is 1. The van der Waals surface area contributed by atoms with Gasteiger partial charge in [-0.25, -0.2) is 4.79 Å². The lowest BCUT2D eigenvalue weighted by Crippen LogP contribution is -2.46.